The number of benzene rings is 1. The van der Waals surface area contributed by atoms with Crippen LogP contribution in [0.15, 0.2) is 29.4 Å². The smallest absolute Gasteiger partial charge is 0.197 e. The minimum absolute atomic E-state index is 0.119. The zero-order chi connectivity index (χ0) is 19.7. The van der Waals surface area contributed by atoms with Crippen molar-refractivity contribution in [3.05, 3.63) is 52.5 Å². The first-order valence-electron chi connectivity index (χ1n) is 9.27. The van der Waals surface area contributed by atoms with Gasteiger partial charge in [-0.05, 0) is 36.8 Å². The zero-order valence-electron chi connectivity index (χ0n) is 16.8. The highest BCUT2D eigenvalue weighted by atomic mass is 32.2. The zero-order valence-corrected chi connectivity index (χ0v) is 17.6. The van der Waals surface area contributed by atoms with Gasteiger partial charge in [-0.25, -0.2) is 4.98 Å². The summed E-state index contributed by atoms with van der Waals surface area (Å²) in [7, 11) is 0. The molecule has 0 radical (unpaired) electrons. The van der Waals surface area contributed by atoms with E-state index in [0.29, 0.717) is 22.7 Å². The number of carbonyl (C=O) groups excluding carboxylic acids is 1. The molecule has 2 heterocycles. The molecule has 0 fully saturated rings. The van der Waals surface area contributed by atoms with E-state index in [-0.39, 0.29) is 5.78 Å². The Morgan fingerprint density at radius 3 is 2.48 bits per heavy atom. The van der Waals surface area contributed by atoms with Gasteiger partial charge in [-0.15, -0.1) is 10.2 Å². The molecule has 0 unspecified atom stereocenters. The Kier molecular flexibility index (Phi) is 5.65. The van der Waals surface area contributed by atoms with Gasteiger partial charge in [0.15, 0.2) is 16.6 Å². The summed E-state index contributed by atoms with van der Waals surface area (Å²) in [6.07, 6.45) is 0. The first-order valence-corrected chi connectivity index (χ1v) is 10.3. The summed E-state index contributed by atoms with van der Waals surface area (Å²) >= 11 is 1.41. The average molecular weight is 383 g/mol. The predicted molar refractivity (Wildman–Crippen MR) is 110 cm³/mol. The highest BCUT2D eigenvalue weighted by Gasteiger charge is 2.18. The quantitative estimate of drug-likeness (QED) is 0.445. The molecule has 0 bridgehead atoms. The van der Waals surface area contributed by atoms with Gasteiger partial charge in [0.1, 0.15) is 5.82 Å². The summed E-state index contributed by atoms with van der Waals surface area (Å²) in [6, 6.07) is 8.12. The van der Waals surface area contributed by atoms with Gasteiger partial charge in [0.25, 0.3) is 0 Å². The molecule has 5 nitrogen and oxygen atoms in total. The molecule has 3 rings (SSSR count). The highest BCUT2D eigenvalue weighted by Crippen LogP contribution is 2.27. The maximum atomic E-state index is 12.9. The molecule has 0 saturated heterocycles. The molecule has 0 atom stereocenters. The predicted octanol–water partition coefficient (Wildman–Crippen LogP) is 4.96. The van der Waals surface area contributed by atoms with Gasteiger partial charge in [-0.2, -0.15) is 0 Å². The molecule has 27 heavy (non-hydrogen) atoms. The topological polar surface area (TPSA) is 60.2 Å². The van der Waals surface area contributed by atoms with E-state index in [1.54, 1.807) is 0 Å². The van der Waals surface area contributed by atoms with Crippen LogP contribution in [-0.4, -0.2) is 31.1 Å². The van der Waals surface area contributed by atoms with Crippen molar-refractivity contribution in [3.63, 3.8) is 0 Å². The van der Waals surface area contributed by atoms with Crippen molar-refractivity contribution in [1.29, 1.82) is 0 Å². The standard InChI is InChI=1S/C21H26N4OS/c1-12(2)16-7-8-17(18(10-16)13(3)4)19(26)11-27-21-24-23-20-9-14(5)22-15(6)25(20)21/h7-10,12-13H,11H2,1-6H3. The van der Waals surface area contributed by atoms with E-state index in [4.69, 9.17) is 0 Å². The van der Waals surface area contributed by atoms with Crippen LogP contribution in [0.25, 0.3) is 5.65 Å². The van der Waals surface area contributed by atoms with Crippen LogP contribution in [0.5, 0.6) is 0 Å². The van der Waals surface area contributed by atoms with Crippen molar-refractivity contribution < 1.29 is 4.79 Å². The van der Waals surface area contributed by atoms with Crippen molar-refractivity contribution in [2.24, 2.45) is 0 Å². The molecule has 0 aliphatic heterocycles. The van der Waals surface area contributed by atoms with Crippen molar-refractivity contribution in [2.75, 3.05) is 5.75 Å². The molecule has 0 amide bonds. The number of fused-ring (bicyclic) bond motifs is 1. The molecule has 3 aromatic rings. The number of hydrogen-bond acceptors (Lipinski definition) is 5. The SMILES string of the molecule is Cc1cc2nnc(SCC(=O)c3ccc(C(C)C)cc3C(C)C)n2c(C)n1. The van der Waals surface area contributed by atoms with Crippen molar-refractivity contribution in [1.82, 2.24) is 19.6 Å². The monoisotopic (exact) mass is 382 g/mol. The molecule has 0 aliphatic rings. The number of rotatable bonds is 6. The number of hydrogen-bond donors (Lipinski definition) is 0. The molecular weight excluding hydrogens is 356 g/mol. The van der Waals surface area contributed by atoms with E-state index in [2.05, 4.69) is 55.0 Å². The largest absolute Gasteiger partial charge is 0.293 e. The fraction of sp³-hybridized carbons (Fsp3) is 0.429. The molecule has 0 aliphatic carbocycles. The van der Waals surface area contributed by atoms with Crippen LogP contribution in [0.3, 0.4) is 0 Å². The second-order valence-corrected chi connectivity index (χ2v) is 8.43. The highest BCUT2D eigenvalue weighted by molar-refractivity contribution is 7.99. The van der Waals surface area contributed by atoms with Gasteiger partial charge >= 0.3 is 0 Å². The Labute approximate surface area is 164 Å². The van der Waals surface area contributed by atoms with Crippen LogP contribution in [0.2, 0.25) is 0 Å². The normalized spacial score (nSPS) is 11.7. The maximum Gasteiger partial charge on any atom is 0.197 e. The lowest BCUT2D eigenvalue weighted by Crippen LogP contribution is -2.09. The summed E-state index contributed by atoms with van der Waals surface area (Å²) < 4.78 is 1.90. The van der Waals surface area contributed by atoms with Gasteiger partial charge in [-0.3, -0.25) is 9.20 Å². The Morgan fingerprint density at radius 2 is 1.81 bits per heavy atom. The third-order valence-electron chi connectivity index (χ3n) is 4.66. The van der Waals surface area contributed by atoms with Gasteiger partial charge in [0, 0.05) is 17.3 Å². The number of carbonyl (C=O) groups is 1. The number of ketones is 1. The molecule has 0 N–H and O–H groups in total. The molecule has 142 valence electrons. The van der Waals surface area contributed by atoms with Gasteiger partial charge in [0.05, 0.1) is 5.75 Å². The van der Waals surface area contributed by atoms with Gasteiger partial charge in [-0.1, -0.05) is 57.7 Å². The molecule has 6 heteroatoms. The van der Waals surface area contributed by atoms with Crippen LogP contribution >= 0.6 is 11.8 Å². The third kappa shape index (κ3) is 4.05. The lowest BCUT2D eigenvalue weighted by Gasteiger charge is -2.15. The Morgan fingerprint density at radius 1 is 1.07 bits per heavy atom. The first kappa shape index (κ1) is 19.5. The number of aromatic nitrogens is 4. The minimum Gasteiger partial charge on any atom is -0.293 e. The van der Waals surface area contributed by atoms with Crippen molar-refractivity contribution in [2.45, 2.75) is 58.5 Å². The number of aryl methyl sites for hydroxylation is 2. The van der Waals surface area contributed by atoms with E-state index in [0.717, 1.165) is 28.3 Å². The molecular formula is C21H26N4OS. The molecule has 0 spiro atoms. The second kappa shape index (κ2) is 7.80. The van der Waals surface area contributed by atoms with E-state index >= 15 is 0 Å². The Hall–Kier alpha value is -2.21. The summed E-state index contributed by atoms with van der Waals surface area (Å²) in [6.45, 7) is 12.5. The second-order valence-electron chi connectivity index (χ2n) is 7.49. The lowest BCUT2D eigenvalue weighted by molar-refractivity contribution is 0.102. The van der Waals surface area contributed by atoms with Crippen LogP contribution in [-0.2, 0) is 0 Å². The molecule has 1 aromatic carbocycles. The van der Waals surface area contributed by atoms with E-state index in [9.17, 15) is 4.79 Å². The minimum atomic E-state index is 0.119. The number of nitrogens with zero attached hydrogens (tertiary/aromatic N) is 4. The van der Waals surface area contributed by atoms with E-state index in [1.165, 1.54) is 17.3 Å². The van der Waals surface area contributed by atoms with E-state index < -0.39 is 0 Å². The summed E-state index contributed by atoms with van der Waals surface area (Å²) in [4.78, 5) is 17.4. The maximum absolute atomic E-state index is 12.9. The number of Topliss-reactive ketones (excluding diaryl/α,β-unsaturated/α-hetero) is 1. The van der Waals surface area contributed by atoms with Gasteiger partial charge in [0.2, 0.25) is 0 Å². The van der Waals surface area contributed by atoms with Crippen molar-refractivity contribution in [3.8, 4) is 0 Å². The molecule has 2 aromatic heterocycles. The van der Waals surface area contributed by atoms with Crippen LogP contribution in [0, 0.1) is 13.8 Å². The lowest BCUT2D eigenvalue weighted by atomic mass is 9.90. The first-order chi connectivity index (χ1) is 12.8. The fourth-order valence-electron chi connectivity index (χ4n) is 3.18. The summed E-state index contributed by atoms with van der Waals surface area (Å²) in [5.74, 6) is 2.02. The van der Waals surface area contributed by atoms with E-state index in [1.807, 2.05) is 30.4 Å². The van der Waals surface area contributed by atoms with Crippen LogP contribution < -0.4 is 0 Å². The summed E-state index contributed by atoms with van der Waals surface area (Å²) in [5.41, 5.74) is 4.86. The Balaban J connectivity index is 1.84. The Bertz CT molecular complexity index is 991. The fourth-order valence-corrected chi connectivity index (χ4v) is 4.05. The third-order valence-corrected chi connectivity index (χ3v) is 5.58. The average Bonchev–Trinajstić information content (AvgIpc) is 3.02. The number of thioether (sulfide) groups is 1. The van der Waals surface area contributed by atoms with Crippen molar-refractivity contribution >= 4 is 23.2 Å². The van der Waals surface area contributed by atoms with Crippen LogP contribution in [0.1, 0.15) is 72.5 Å². The van der Waals surface area contributed by atoms with Gasteiger partial charge < -0.3 is 0 Å². The van der Waals surface area contributed by atoms with Crippen LogP contribution in [0.4, 0.5) is 0 Å². The molecule has 0 saturated carbocycles. The summed E-state index contributed by atoms with van der Waals surface area (Å²) in [5, 5.41) is 9.15.